The van der Waals surface area contributed by atoms with E-state index < -0.39 is 0 Å². The molecule has 1 rings (SSSR count). The van der Waals surface area contributed by atoms with E-state index in [4.69, 9.17) is 0 Å². The molecule has 1 aliphatic rings. The minimum atomic E-state index is 0.677. The second-order valence-corrected chi connectivity index (χ2v) is 5.50. The number of hydrogen-bond donors (Lipinski definition) is 1. The Bertz CT molecular complexity index is 416. The highest BCUT2D eigenvalue weighted by Crippen LogP contribution is 2.26. The lowest BCUT2D eigenvalue weighted by Gasteiger charge is -2.25. The van der Waals surface area contributed by atoms with Gasteiger partial charge in [-0.1, -0.05) is 37.1 Å². The summed E-state index contributed by atoms with van der Waals surface area (Å²) in [6, 6.07) is 0. The molecule has 0 unspecified atom stereocenters. The molecule has 0 aliphatic heterocycles. The lowest BCUT2D eigenvalue weighted by Crippen LogP contribution is -2.29. The Morgan fingerprint density at radius 2 is 2.30 bits per heavy atom. The van der Waals surface area contributed by atoms with E-state index in [1.807, 2.05) is 0 Å². The predicted octanol–water partition coefficient (Wildman–Crippen LogP) is 3.72. The third-order valence-corrected chi connectivity index (χ3v) is 3.73. The molecule has 3 heteroatoms. The van der Waals surface area contributed by atoms with E-state index in [0.29, 0.717) is 5.92 Å². The van der Waals surface area contributed by atoms with Gasteiger partial charge in [0.05, 0.1) is 6.34 Å². The topological polar surface area (TPSA) is 27.6 Å². The fourth-order valence-corrected chi connectivity index (χ4v) is 2.39. The summed E-state index contributed by atoms with van der Waals surface area (Å²) in [4.78, 5) is 6.26. The molecule has 0 amide bonds. The zero-order valence-corrected chi connectivity index (χ0v) is 13.6. The molecule has 0 heterocycles. The Morgan fingerprint density at radius 3 is 2.95 bits per heavy atom. The molecular formula is C17H29N3. The first-order valence-corrected chi connectivity index (χ1v) is 7.54. The van der Waals surface area contributed by atoms with Crippen LogP contribution >= 0.6 is 0 Å². The minimum Gasteiger partial charge on any atom is -0.361 e. The molecule has 1 N–H and O–H groups in total. The fraction of sp³-hybridized carbons (Fsp3) is 0.588. The molecule has 0 saturated carbocycles. The van der Waals surface area contributed by atoms with E-state index in [-0.39, 0.29) is 0 Å². The van der Waals surface area contributed by atoms with Crippen LogP contribution < -0.4 is 5.32 Å². The SMILES string of the molecule is CC/C=C(/NC=NC)N(C)CCC1=CC(C)=CC[C@@H]1C. The van der Waals surface area contributed by atoms with Crippen molar-refractivity contribution in [1.82, 2.24) is 10.2 Å². The van der Waals surface area contributed by atoms with Crippen LogP contribution in [0.1, 0.15) is 40.0 Å². The third-order valence-electron chi connectivity index (χ3n) is 3.73. The Hall–Kier alpha value is -1.51. The quantitative estimate of drug-likeness (QED) is 0.566. The van der Waals surface area contributed by atoms with Crippen molar-refractivity contribution < 1.29 is 0 Å². The summed E-state index contributed by atoms with van der Waals surface area (Å²) in [5.74, 6) is 1.81. The third kappa shape index (κ3) is 5.24. The van der Waals surface area contributed by atoms with E-state index in [0.717, 1.165) is 25.2 Å². The molecule has 0 aromatic carbocycles. The number of rotatable bonds is 7. The maximum atomic E-state index is 3.99. The van der Waals surface area contributed by atoms with Crippen molar-refractivity contribution in [3.63, 3.8) is 0 Å². The van der Waals surface area contributed by atoms with Crippen LogP contribution in [-0.2, 0) is 0 Å². The van der Waals surface area contributed by atoms with Crippen molar-refractivity contribution in [3.8, 4) is 0 Å². The van der Waals surface area contributed by atoms with Crippen LogP contribution in [0.4, 0.5) is 0 Å². The van der Waals surface area contributed by atoms with Gasteiger partial charge in [-0.15, -0.1) is 0 Å². The van der Waals surface area contributed by atoms with Crippen molar-refractivity contribution in [2.45, 2.75) is 40.0 Å². The monoisotopic (exact) mass is 275 g/mol. The Labute approximate surface area is 124 Å². The molecule has 0 aromatic rings. The van der Waals surface area contributed by atoms with Gasteiger partial charge in [0.2, 0.25) is 0 Å². The van der Waals surface area contributed by atoms with E-state index in [2.05, 4.69) is 61.3 Å². The molecule has 0 bridgehead atoms. The van der Waals surface area contributed by atoms with Gasteiger partial charge in [0, 0.05) is 20.6 Å². The number of nitrogens with zero attached hydrogens (tertiary/aromatic N) is 2. The van der Waals surface area contributed by atoms with Crippen molar-refractivity contribution in [2.24, 2.45) is 10.9 Å². The molecule has 0 spiro atoms. The van der Waals surface area contributed by atoms with Crippen LogP contribution in [0.25, 0.3) is 0 Å². The summed E-state index contributed by atoms with van der Waals surface area (Å²) in [6.07, 6.45) is 11.9. The minimum absolute atomic E-state index is 0.677. The van der Waals surface area contributed by atoms with Crippen LogP contribution in [0, 0.1) is 5.92 Å². The standard InChI is InChI=1S/C17H29N3/c1-6-7-17(19-13-18-4)20(5)11-10-16-12-14(2)8-9-15(16)3/h7-8,12-13,15H,6,9-11H2,1-5H3,(H,18,19)/b17-7-/t15-/m0/s1. The second-order valence-electron chi connectivity index (χ2n) is 5.50. The largest absolute Gasteiger partial charge is 0.361 e. The van der Waals surface area contributed by atoms with Crippen LogP contribution in [0.3, 0.4) is 0 Å². The molecule has 0 saturated heterocycles. The van der Waals surface area contributed by atoms with Crippen molar-refractivity contribution in [2.75, 3.05) is 20.6 Å². The van der Waals surface area contributed by atoms with Crippen molar-refractivity contribution in [3.05, 3.63) is 35.2 Å². The molecule has 0 fully saturated rings. The normalized spacial score (nSPS) is 19.9. The highest BCUT2D eigenvalue weighted by molar-refractivity contribution is 5.56. The molecule has 0 aromatic heterocycles. The van der Waals surface area contributed by atoms with Gasteiger partial charge in [-0.25, -0.2) is 0 Å². The predicted molar refractivity (Wildman–Crippen MR) is 88.8 cm³/mol. The smallest absolute Gasteiger partial charge is 0.102 e. The van der Waals surface area contributed by atoms with E-state index in [1.54, 1.807) is 19.0 Å². The summed E-state index contributed by atoms with van der Waals surface area (Å²) >= 11 is 0. The maximum Gasteiger partial charge on any atom is 0.102 e. The van der Waals surface area contributed by atoms with Gasteiger partial charge in [0.1, 0.15) is 5.82 Å². The molecule has 20 heavy (non-hydrogen) atoms. The average Bonchev–Trinajstić information content (AvgIpc) is 2.44. The van der Waals surface area contributed by atoms with Crippen LogP contribution in [0.2, 0.25) is 0 Å². The number of allylic oxidation sites excluding steroid dienone is 4. The van der Waals surface area contributed by atoms with Gasteiger partial charge in [-0.3, -0.25) is 4.99 Å². The molecular weight excluding hydrogens is 246 g/mol. The summed E-state index contributed by atoms with van der Waals surface area (Å²) in [6.45, 7) is 7.69. The molecule has 1 aliphatic carbocycles. The van der Waals surface area contributed by atoms with Gasteiger partial charge in [0.25, 0.3) is 0 Å². The summed E-state index contributed by atoms with van der Waals surface area (Å²) in [5, 5.41) is 3.24. The zero-order chi connectivity index (χ0) is 15.0. The van der Waals surface area contributed by atoms with Crippen LogP contribution in [0.5, 0.6) is 0 Å². The Balaban J connectivity index is 2.58. The Kier molecular flexibility index (Phi) is 7.13. The highest BCUT2D eigenvalue weighted by Gasteiger charge is 2.13. The highest BCUT2D eigenvalue weighted by atomic mass is 15.2. The lowest BCUT2D eigenvalue weighted by atomic mass is 9.88. The van der Waals surface area contributed by atoms with E-state index in [1.165, 1.54) is 12.0 Å². The molecule has 112 valence electrons. The fourth-order valence-electron chi connectivity index (χ4n) is 2.39. The van der Waals surface area contributed by atoms with Gasteiger partial charge in [-0.05, 0) is 38.2 Å². The molecule has 0 radical (unpaired) electrons. The Morgan fingerprint density at radius 1 is 1.55 bits per heavy atom. The molecule has 1 atom stereocenters. The van der Waals surface area contributed by atoms with Crippen LogP contribution in [0.15, 0.2) is 40.2 Å². The van der Waals surface area contributed by atoms with Crippen molar-refractivity contribution in [1.29, 1.82) is 0 Å². The summed E-state index contributed by atoms with van der Waals surface area (Å²) < 4.78 is 0. The second kappa shape index (κ2) is 8.62. The first-order valence-electron chi connectivity index (χ1n) is 7.54. The lowest BCUT2D eigenvalue weighted by molar-refractivity contribution is 0.396. The average molecular weight is 275 g/mol. The van der Waals surface area contributed by atoms with E-state index >= 15 is 0 Å². The number of nitrogens with one attached hydrogen (secondary N) is 1. The number of hydrogen-bond acceptors (Lipinski definition) is 2. The van der Waals surface area contributed by atoms with Gasteiger partial charge in [0.15, 0.2) is 0 Å². The van der Waals surface area contributed by atoms with Gasteiger partial charge >= 0.3 is 0 Å². The van der Waals surface area contributed by atoms with Gasteiger partial charge in [-0.2, -0.15) is 0 Å². The van der Waals surface area contributed by atoms with Crippen molar-refractivity contribution >= 4 is 6.34 Å². The van der Waals surface area contributed by atoms with E-state index in [9.17, 15) is 0 Å². The maximum absolute atomic E-state index is 3.99. The van der Waals surface area contributed by atoms with Gasteiger partial charge < -0.3 is 10.2 Å². The van der Waals surface area contributed by atoms with Crippen LogP contribution in [-0.4, -0.2) is 31.9 Å². The first-order chi connectivity index (χ1) is 9.58. The first kappa shape index (κ1) is 16.5. The zero-order valence-electron chi connectivity index (χ0n) is 13.6. The molecule has 3 nitrogen and oxygen atoms in total. The summed E-state index contributed by atoms with van der Waals surface area (Å²) in [7, 11) is 3.91. The summed E-state index contributed by atoms with van der Waals surface area (Å²) in [5.41, 5.74) is 2.97. The number of aliphatic imine (C=N–C) groups is 1.